The minimum absolute atomic E-state index is 0.0144. The second kappa shape index (κ2) is 10.7. The normalized spacial score (nSPS) is 15.1. The highest BCUT2D eigenvalue weighted by molar-refractivity contribution is 7.19. The molecule has 194 valence electrons. The lowest BCUT2D eigenvalue weighted by Crippen LogP contribution is -2.31. The van der Waals surface area contributed by atoms with Gasteiger partial charge in [-0.05, 0) is 36.8 Å². The van der Waals surface area contributed by atoms with E-state index in [0.29, 0.717) is 43.5 Å². The largest absolute Gasteiger partial charge is 0.489 e. The van der Waals surface area contributed by atoms with Crippen molar-refractivity contribution in [3.8, 4) is 5.75 Å². The fourth-order valence-corrected chi connectivity index (χ4v) is 6.01. The van der Waals surface area contributed by atoms with Gasteiger partial charge in [0.15, 0.2) is 0 Å². The van der Waals surface area contributed by atoms with Gasteiger partial charge in [0.05, 0.1) is 29.3 Å². The minimum atomic E-state index is -0.0144. The molecule has 0 fully saturated rings. The van der Waals surface area contributed by atoms with Crippen LogP contribution in [0.15, 0.2) is 24.7 Å². The Balaban J connectivity index is 1.40. The number of aryl methyl sites for hydroxylation is 1. The van der Waals surface area contributed by atoms with Crippen LogP contribution in [0.2, 0.25) is 0 Å². The highest BCUT2D eigenvalue weighted by Gasteiger charge is 2.28. The molecule has 37 heavy (non-hydrogen) atoms. The van der Waals surface area contributed by atoms with Crippen molar-refractivity contribution < 1.29 is 14.3 Å². The van der Waals surface area contributed by atoms with E-state index in [0.717, 1.165) is 39.6 Å². The Bertz CT molecular complexity index is 1440. The van der Waals surface area contributed by atoms with Crippen LogP contribution in [-0.4, -0.2) is 52.2 Å². The number of anilines is 2. The van der Waals surface area contributed by atoms with E-state index in [2.05, 4.69) is 36.1 Å². The van der Waals surface area contributed by atoms with Gasteiger partial charge in [-0.25, -0.2) is 9.97 Å². The Morgan fingerprint density at radius 1 is 1.27 bits per heavy atom. The van der Waals surface area contributed by atoms with E-state index in [4.69, 9.17) is 4.74 Å². The molecule has 4 N–H and O–H groups in total. The third-order valence-corrected chi connectivity index (χ3v) is 7.69. The number of H-pyrrole nitrogens is 1. The van der Waals surface area contributed by atoms with E-state index in [9.17, 15) is 9.59 Å². The monoisotopic (exact) mass is 521 g/mol. The third kappa shape index (κ3) is 5.36. The zero-order chi connectivity index (χ0) is 25.9. The van der Waals surface area contributed by atoms with Gasteiger partial charge in [0.1, 0.15) is 29.3 Å². The first kappa shape index (κ1) is 24.9. The van der Waals surface area contributed by atoms with Crippen LogP contribution >= 0.6 is 11.3 Å². The molecule has 1 atom stereocenters. The first-order valence-electron chi connectivity index (χ1n) is 12.5. The molecule has 0 spiro atoms. The summed E-state index contributed by atoms with van der Waals surface area (Å²) in [6.45, 7) is 4.77. The Morgan fingerprint density at radius 3 is 2.95 bits per heavy atom. The Morgan fingerprint density at radius 2 is 2.14 bits per heavy atom. The fourth-order valence-electron chi connectivity index (χ4n) is 4.74. The summed E-state index contributed by atoms with van der Waals surface area (Å²) >= 11 is 1.63. The van der Waals surface area contributed by atoms with Gasteiger partial charge in [-0.15, -0.1) is 11.3 Å². The molecule has 0 aliphatic heterocycles. The van der Waals surface area contributed by atoms with Crippen molar-refractivity contribution in [1.82, 2.24) is 30.8 Å². The van der Waals surface area contributed by atoms with Gasteiger partial charge < -0.3 is 20.7 Å². The predicted molar refractivity (Wildman–Crippen MR) is 144 cm³/mol. The van der Waals surface area contributed by atoms with Crippen LogP contribution in [0.4, 0.5) is 11.5 Å². The van der Waals surface area contributed by atoms with Crippen molar-refractivity contribution in [2.45, 2.75) is 39.5 Å². The van der Waals surface area contributed by atoms with E-state index in [-0.39, 0.29) is 17.7 Å². The van der Waals surface area contributed by atoms with Crippen molar-refractivity contribution >= 4 is 55.8 Å². The molecule has 4 aromatic rings. The molecule has 10 nitrogen and oxygen atoms in total. The number of ether oxygens (including phenoxy) is 1. The zero-order valence-electron chi connectivity index (χ0n) is 21.2. The number of benzene rings is 1. The number of nitrogens with zero attached hydrogens (tertiary/aromatic N) is 3. The molecule has 11 heteroatoms. The number of thiophene rings is 1. The average Bonchev–Trinajstić information content (AvgIpc) is 3.49. The molecular weight excluding hydrogens is 490 g/mol. The summed E-state index contributed by atoms with van der Waals surface area (Å²) in [5, 5.41) is 18.2. The number of carbonyl (C=O) groups is 2. The number of aromatic nitrogens is 4. The Kier molecular flexibility index (Phi) is 7.22. The Hall–Kier alpha value is -3.73. The van der Waals surface area contributed by atoms with Gasteiger partial charge in [-0.2, -0.15) is 5.10 Å². The van der Waals surface area contributed by atoms with Crippen molar-refractivity contribution in [1.29, 1.82) is 0 Å². The fraction of sp³-hybridized carbons (Fsp3) is 0.423. The molecule has 1 unspecified atom stereocenters. The van der Waals surface area contributed by atoms with E-state index in [1.54, 1.807) is 30.9 Å². The average molecular weight is 522 g/mol. The smallest absolute Gasteiger partial charge is 0.223 e. The van der Waals surface area contributed by atoms with Gasteiger partial charge in [-0.1, -0.05) is 13.8 Å². The summed E-state index contributed by atoms with van der Waals surface area (Å²) in [5.74, 6) is 1.73. The molecular formula is C26H31N7O3S. The summed E-state index contributed by atoms with van der Waals surface area (Å²) in [6.07, 6.45) is 6.13. The van der Waals surface area contributed by atoms with Gasteiger partial charge in [0, 0.05) is 35.7 Å². The number of hydrogen-bond donors (Lipinski definition) is 4. The molecule has 3 heterocycles. The quantitative estimate of drug-likeness (QED) is 0.247. The van der Waals surface area contributed by atoms with Crippen LogP contribution in [0.5, 0.6) is 5.75 Å². The second-order valence-electron chi connectivity index (χ2n) is 9.69. The first-order chi connectivity index (χ1) is 17.9. The Labute approximate surface area is 218 Å². The topological polar surface area (TPSA) is 134 Å². The van der Waals surface area contributed by atoms with E-state index >= 15 is 0 Å². The highest BCUT2D eigenvalue weighted by atomic mass is 32.1. The molecule has 2 amide bonds. The van der Waals surface area contributed by atoms with Crippen LogP contribution in [0.3, 0.4) is 0 Å². The van der Waals surface area contributed by atoms with Gasteiger partial charge in [0.2, 0.25) is 11.8 Å². The van der Waals surface area contributed by atoms with Gasteiger partial charge >= 0.3 is 0 Å². The van der Waals surface area contributed by atoms with Crippen molar-refractivity contribution in [2.75, 3.05) is 25.5 Å². The van der Waals surface area contributed by atoms with Gasteiger partial charge in [-0.3, -0.25) is 14.7 Å². The molecule has 1 aliphatic rings. The summed E-state index contributed by atoms with van der Waals surface area (Å²) in [7, 11) is 1.69. The van der Waals surface area contributed by atoms with E-state index in [1.807, 2.05) is 26.0 Å². The summed E-state index contributed by atoms with van der Waals surface area (Å²) in [6, 6.07) is 3.87. The van der Waals surface area contributed by atoms with Crippen molar-refractivity contribution in [3.05, 3.63) is 35.1 Å². The van der Waals surface area contributed by atoms with Crippen LogP contribution in [0, 0.1) is 11.8 Å². The summed E-state index contributed by atoms with van der Waals surface area (Å²) in [5.41, 5.74) is 2.81. The molecule has 5 rings (SSSR count). The molecule has 1 aromatic carbocycles. The molecule has 1 aliphatic carbocycles. The maximum atomic E-state index is 12.2. The van der Waals surface area contributed by atoms with Crippen molar-refractivity contribution in [3.63, 3.8) is 0 Å². The molecule has 0 saturated carbocycles. The third-order valence-electron chi connectivity index (χ3n) is 6.53. The first-order valence-corrected chi connectivity index (χ1v) is 13.3. The number of nitrogens with one attached hydrogen (secondary N) is 4. The predicted octanol–water partition coefficient (Wildman–Crippen LogP) is 3.70. The van der Waals surface area contributed by atoms with E-state index in [1.165, 1.54) is 10.4 Å². The minimum Gasteiger partial charge on any atom is -0.489 e. The maximum absolute atomic E-state index is 12.2. The molecule has 3 aromatic heterocycles. The lowest BCUT2D eigenvalue weighted by Gasteiger charge is -2.21. The van der Waals surface area contributed by atoms with Gasteiger partial charge in [0.25, 0.3) is 0 Å². The SMILES string of the molecule is CNC(=O)C1CCc2c(sc3ncnc(Nc4cc5cn[nH]c5cc4OCCNC(=O)CC(C)C)c23)C1. The molecule has 0 radical (unpaired) electrons. The standard InChI is InChI=1S/C26H31N7O3S/c1-14(2)8-22(34)28-6-7-36-20-11-18-16(12-31-33-18)9-19(20)32-24-23-17-5-4-15(25(35)27-3)10-21(17)37-26(23)30-13-29-24/h9,11-15H,4-8,10H2,1-3H3,(H,27,35)(H,28,34)(H,31,33)(H,29,30,32). The maximum Gasteiger partial charge on any atom is 0.223 e. The highest BCUT2D eigenvalue weighted by Crippen LogP contribution is 2.41. The molecule has 0 saturated heterocycles. The number of amides is 2. The lowest BCUT2D eigenvalue weighted by molar-refractivity contribution is -0.125. The number of carbonyl (C=O) groups excluding carboxylic acids is 2. The summed E-state index contributed by atoms with van der Waals surface area (Å²) in [4.78, 5) is 35.4. The number of aromatic amines is 1. The van der Waals surface area contributed by atoms with Crippen LogP contribution in [0.25, 0.3) is 21.1 Å². The van der Waals surface area contributed by atoms with Crippen LogP contribution < -0.4 is 20.7 Å². The second-order valence-corrected chi connectivity index (χ2v) is 10.8. The zero-order valence-corrected chi connectivity index (χ0v) is 22.0. The number of hydrogen-bond acceptors (Lipinski definition) is 8. The number of fused-ring (bicyclic) bond motifs is 4. The van der Waals surface area contributed by atoms with Crippen molar-refractivity contribution in [2.24, 2.45) is 11.8 Å². The lowest BCUT2D eigenvalue weighted by atomic mass is 9.87. The van der Waals surface area contributed by atoms with Crippen LogP contribution in [-0.2, 0) is 22.4 Å². The van der Waals surface area contributed by atoms with E-state index < -0.39 is 0 Å². The van der Waals surface area contributed by atoms with Crippen LogP contribution in [0.1, 0.15) is 37.1 Å². The number of rotatable bonds is 9. The molecule has 0 bridgehead atoms. The summed E-state index contributed by atoms with van der Waals surface area (Å²) < 4.78 is 6.09.